The molecule has 1 unspecified atom stereocenters. The number of nitrogens with zero attached hydrogens (tertiary/aromatic N) is 2. The standard InChI is InChI=1S/C13H21N3O2/c1-10(6-8-17)9-15-13(18)11-5-4-7-14-12(11)16(2)3/h4-5,7,10,17H,6,8-9H2,1-3H3,(H,15,18). The van der Waals surface area contributed by atoms with Gasteiger partial charge in [0.1, 0.15) is 5.82 Å². The van der Waals surface area contributed by atoms with Crippen molar-refractivity contribution in [2.45, 2.75) is 13.3 Å². The van der Waals surface area contributed by atoms with E-state index in [9.17, 15) is 4.79 Å². The molecule has 5 nitrogen and oxygen atoms in total. The first-order chi connectivity index (χ1) is 8.56. The van der Waals surface area contributed by atoms with Crippen LogP contribution in [-0.4, -0.2) is 43.2 Å². The van der Waals surface area contributed by atoms with E-state index in [1.165, 1.54) is 0 Å². The molecule has 0 aliphatic heterocycles. The van der Waals surface area contributed by atoms with E-state index in [0.29, 0.717) is 24.3 Å². The highest BCUT2D eigenvalue weighted by Gasteiger charge is 2.14. The zero-order valence-corrected chi connectivity index (χ0v) is 11.2. The molecule has 1 rings (SSSR count). The Morgan fingerprint density at radius 1 is 1.56 bits per heavy atom. The van der Waals surface area contributed by atoms with Gasteiger partial charge in [0.25, 0.3) is 5.91 Å². The quantitative estimate of drug-likeness (QED) is 0.788. The van der Waals surface area contributed by atoms with Crippen LogP contribution in [0.5, 0.6) is 0 Å². The van der Waals surface area contributed by atoms with E-state index >= 15 is 0 Å². The number of aliphatic hydroxyl groups is 1. The zero-order valence-electron chi connectivity index (χ0n) is 11.2. The van der Waals surface area contributed by atoms with Crippen LogP contribution in [-0.2, 0) is 0 Å². The van der Waals surface area contributed by atoms with Crippen LogP contribution in [0.4, 0.5) is 5.82 Å². The molecule has 2 N–H and O–H groups in total. The smallest absolute Gasteiger partial charge is 0.255 e. The van der Waals surface area contributed by atoms with E-state index in [4.69, 9.17) is 5.11 Å². The lowest BCUT2D eigenvalue weighted by Gasteiger charge is -2.16. The Hall–Kier alpha value is -1.62. The number of aromatic nitrogens is 1. The third kappa shape index (κ3) is 4.00. The first kappa shape index (κ1) is 14.4. The molecule has 18 heavy (non-hydrogen) atoms. The first-order valence-corrected chi connectivity index (χ1v) is 6.07. The summed E-state index contributed by atoms with van der Waals surface area (Å²) in [5.74, 6) is 0.792. The van der Waals surface area contributed by atoms with Crippen molar-refractivity contribution in [2.75, 3.05) is 32.1 Å². The van der Waals surface area contributed by atoms with E-state index in [1.54, 1.807) is 18.3 Å². The predicted molar refractivity (Wildman–Crippen MR) is 71.8 cm³/mol. The molecule has 1 aromatic heterocycles. The molecule has 0 fully saturated rings. The average molecular weight is 251 g/mol. The van der Waals surface area contributed by atoms with Crippen LogP contribution >= 0.6 is 0 Å². The van der Waals surface area contributed by atoms with Crippen molar-refractivity contribution in [3.05, 3.63) is 23.9 Å². The van der Waals surface area contributed by atoms with Crippen LogP contribution in [0.15, 0.2) is 18.3 Å². The van der Waals surface area contributed by atoms with Crippen molar-refractivity contribution in [2.24, 2.45) is 5.92 Å². The van der Waals surface area contributed by atoms with Crippen LogP contribution in [0.25, 0.3) is 0 Å². The third-order valence-electron chi connectivity index (χ3n) is 2.69. The highest BCUT2D eigenvalue weighted by molar-refractivity contribution is 5.98. The highest BCUT2D eigenvalue weighted by Crippen LogP contribution is 2.14. The second-order valence-electron chi connectivity index (χ2n) is 4.60. The molecule has 5 heteroatoms. The molecular weight excluding hydrogens is 230 g/mol. The third-order valence-corrected chi connectivity index (χ3v) is 2.69. The Kier molecular flexibility index (Phi) is 5.58. The zero-order chi connectivity index (χ0) is 13.5. The number of carbonyl (C=O) groups excluding carboxylic acids is 1. The second kappa shape index (κ2) is 6.96. The fourth-order valence-electron chi connectivity index (χ4n) is 1.62. The minimum absolute atomic E-state index is 0.128. The van der Waals surface area contributed by atoms with Crippen LogP contribution in [0, 0.1) is 5.92 Å². The van der Waals surface area contributed by atoms with Gasteiger partial charge in [0, 0.05) is 33.4 Å². The van der Waals surface area contributed by atoms with Crippen LogP contribution < -0.4 is 10.2 Å². The fourth-order valence-corrected chi connectivity index (χ4v) is 1.62. The van der Waals surface area contributed by atoms with Gasteiger partial charge in [0.05, 0.1) is 5.56 Å². The molecule has 100 valence electrons. The second-order valence-corrected chi connectivity index (χ2v) is 4.60. The highest BCUT2D eigenvalue weighted by atomic mass is 16.3. The summed E-state index contributed by atoms with van der Waals surface area (Å²) in [6, 6.07) is 3.51. The summed E-state index contributed by atoms with van der Waals surface area (Å²) >= 11 is 0. The lowest BCUT2D eigenvalue weighted by Crippen LogP contribution is -2.30. The topological polar surface area (TPSA) is 65.5 Å². The maximum absolute atomic E-state index is 12.0. The monoisotopic (exact) mass is 251 g/mol. The van der Waals surface area contributed by atoms with Gasteiger partial charge in [-0.1, -0.05) is 6.92 Å². The number of pyridine rings is 1. The number of carbonyl (C=O) groups is 1. The van der Waals surface area contributed by atoms with Gasteiger partial charge in [0.2, 0.25) is 0 Å². The first-order valence-electron chi connectivity index (χ1n) is 6.07. The van der Waals surface area contributed by atoms with Gasteiger partial charge in [-0.15, -0.1) is 0 Å². The van der Waals surface area contributed by atoms with Crippen molar-refractivity contribution >= 4 is 11.7 Å². The van der Waals surface area contributed by atoms with Gasteiger partial charge in [-0.3, -0.25) is 4.79 Å². The van der Waals surface area contributed by atoms with Crippen molar-refractivity contribution in [3.8, 4) is 0 Å². The van der Waals surface area contributed by atoms with Crippen LogP contribution in [0.3, 0.4) is 0 Å². The van der Waals surface area contributed by atoms with Crippen LogP contribution in [0.2, 0.25) is 0 Å². The van der Waals surface area contributed by atoms with Crippen molar-refractivity contribution in [1.82, 2.24) is 10.3 Å². The van der Waals surface area contributed by atoms with E-state index in [2.05, 4.69) is 10.3 Å². The van der Waals surface area contributed by atoms with Gasteiger partial charge in [-0.05, 0) is 24.5 Å². The van der Waals surface area contributed by atoms with Gasteiger partial charge in [-0.25, -0.2) is 4.98 Å². The lowest BCUT2D eigenvalue weighted by molar-refractivity contribution is 0.0945. The Morgan fingerprint density at radius 3 is 2.89 bits per heavy atom. The van der Waals surface area contributed by atoms with Gasteiger partial charge < -0.3 is 15.3 Å². The van der Waals surface area contributed by atoms with E-state index in [-0.39, 0.29) is 18.4 Å². The minimum Gasteiger partial charge on any atom is -0.396 e. The molecule has 0 aromatic carbocycles. The number of aliphatic hydroxyl groups excluding tert-OH is 1. The minimum atomic E-state index is -0.128. The number of anilines is 1. The molecule has 0 saturated carbocycles. The fraction of sp³-hybridized carbons (Fsp3) is 0.538. The molecule has 0 aliphatic carbocycles. The molecule has 1 amide bonds. The summed E-state index contributed by atoms with van der Waals surface area (Å²) in [6.07, 6.45) is 2.36. The maximum Gasteiger partial charge on any atom is 0.255 e. The van der Waals surface area contributed by atoms with Gasteiger partial charge >= 0.3 is 0 Å². The predicted octanol–water partition coefficient (Wildman–Crippen LogP) is 0.896. The van der Waals surface area contributed by atoms with E-state index < -0.39 is 0 Å². The molecule has 1 atom stereocenters. The van der Waals surface area contributed by atoms with Crippen LogP contribution in [0.1, 0.15) is 23.7 Å². The Labute approximate surface area is 108 Å². The molecule has 0 bridgehead atoms. The largest absolute Gasteiger partial charge is 0.396 e. The molecular formula is C13H21N3O2. The molecule has 1 heterocycles. The number of rotatable bonds is 6. The summed E-state index contributed by atoms with van der Waals surface area (Å²) < 4.78 is 0. The Balaban J connectivity index is 2.67. The number of amides is 1. The lowest BCUT2D eigenvalue weighted by atomic mass is 10.1. The normalized spacial score (nSPS) is 12.0. The average Bonchev–Trinajstić information content (AvgIpc) is 2.36. The van der Waals surface area contributed by atoms with Gasteiger partial charge in [-0.2, -0.15) is 0 Å². The number of hydrogen-bond acceptors (Lipinski definition) is 4. The number of hydrogen-bond donors (Lipinski definition) is 2. The summed E-state index contributed by atoms with van der Waals surface area (Å²) in [6.45, 7) is 2.70. The van der Waals surface area contributed by atoms with E-state index in [1.807, 2.05) is 25.9 Å². The maximum atomic E-state index is 12.0. The SMILES string of the molecule is CC(CCO)CNC(=O)c1cccnc1N(C)C. The molecule has 0 saturated heterocycles. The van der Waals surface area contributed by atoms with Crippen molar-refractivity contribution in [3.63, 3.8) is 0 Å². The summed E-state index contributed by atoms with van der Waals surface area (Å²) in [5.41, 5.74) is 0.568. The van der Waals surface area contributed by atoms with Crippen molar-refractivity contribution in [1.29, 1.82) is 0 Å². The Bertz CT molecular complexity index is 394. The summed E-state index contributed by atoms with van der Waals surface area (Å²) in [4.78, 5) is 18.0. The molecule has 1 aromatic rings. The summed E-state index contributed by atoms with van der Waals surface area (Å²) in [7, 11) is 3.71. The van der Waals surface area contributed by atoms with Crippen molar-refractivity contribution < 1.29 is 9.90 Å². The molecule has 0 radical (unpaired) electrons. The number of nitrogens with one attached hydrogen (secondary N) is 1. The van der Waals surface area contributed by atoms with Gasteiger partial charge in [0.15, 0.2) is 0 Å². The molecule has 0 spiro atoms. The molecule has 0 aliphatic rings. The Morgan fingerprint density at radius 2 is 2.28 bits per heavy atom. The van der Waals surface area contributed by atoms with E-state index in [0.717, 1.165) is 0 Å². The summed E-state index contributed by atoms with van der Waals surface area (Å²) in [5, 5.41) is 11.7.